The van der Waals surface area contributed by atoms with Gasteiger partial charge in [-0.05, 0) is 47.7 Å². The van der Waals surface area contributed by atoms with Gasteiger partial charge in [-0.15, -0.1) is 0 Å². The summed E-state index contributed by atoms with van der Waals surface area (Å²) in [6, 6.07) is 12.7. The van der Waals surface area contributed by atoms with Crippen LogP contribution in [0.5, 0.6) is 0 Å². The molecule has 1 amide bonds. The fraction of sp³-hybridized carbons (Fsp3) is 0.300. The van der Waals surface area contributed by atoms with E-state index in [1.807, 2.05) is 18.2 Å². The quantitative estimate of drug-likeness (QED) is 0.640. The third kappa shape index (κ3) is 4.02. The maximum absolute atomic E-state index is 11.3. The number of aryl methyl sites for hydroxylation is 1. The number of methoxy groups -OCH3 is 1. The van der Waals surface area contributed by atoms with Crippen LogP contribution in [0.1, 0.15) is 31.9 Å². The fourth-order valence-corrected chi connectivity index (χ4v) is 3.54. The summed E-state index contributed by atoms with van der Waals surface area (Å²) in [5.74, 6) is 0.375. The molecule has 26 heavy (non-hydrogen) atoms. The van der Waals surface area contributed by atoms with Crippen molar-refractivity contribution in [2.45, 2.75) is 42.9 Å². The van der Waals surface area contributed by atoms with Crippen molar-refractivity contribution in [2.24, 2.45) is 0 Å². The Morgan fingerprint density at radius 1 is 1.19 bits per heavy atom. The molecular formula is C20H23N3O2S. The van der Waals surface area contributed by atoms with Crippen LogP contribution in [-0.4, -0.2) is 23.2 Å². The Morgan fingerprint density at radius 2 is 1.96 bits per heavy atom. The monoisotopic (exact) mass is 369 g/mol. The van der Waals surface area contributed by atoms with E-state index in [0.29, 0.717) is 5.95 Å². The van der Waals surface area contributed by atoms with Gasteiger partial charge in [0, 0.05) is 9.79 Å². The molecule has 2 N–H and O–H groups in total. The number of rotatable bonds is 3. The van der Waals surface area contributed by atoms with E-state index in [1.165, 1.54) is 23.1 Å². The molecule has 1 heterocycles. The number of aromatic nitrogens is 2. The van der Waals surface area contributed by atoms with Crippen molar-refractivity contribution in [1.82, 2.24) is 9.97 Å². The molecule has 5 nitrogen and oxygen atoms in total. The highest BCUT2D eigenvalue weighted by Gasteiger charge is 2.15. The van der Waals surface area contributed by atoms with Crippen molar-refractivity contribution in [1.29, 1.82) is 0 Å². The highest BCUT2D eigenvalue weighted by atomic mass is 32.2. The summed E-state index contributed by atoms with van der Waals surface area (Å²) in [6.45, 7) is 8.79. The van der Waals surface area contributed by atoms with Gasteiger partial charge in [-0.25, -0.2) is 9.78 Å². The molecule has 0 aliphatic rings. The number of aromatic amines is 1. The first-order valence-corrected chi connectivity index (χ1v) is 9.21. The van der Waals surface area contributed by atoms with Gasteiger partial charge in [0.25, 0.3) is 0 Å². The van der Waals surface area contributed by atoms with Crippen LogP contribution in [0.15, 0.2) is 46.2 Å². The zero-order chi connectivity index (χ0) is 18.9. The largest absolute Gasteiger partial charge is 0.453 e. The molecule has 3 aromatic rings. The highest BCUT2D eigenvalue weighted by molar-refractivity contribution is 7.99. The summed E-state index contributed by atoms with van der Waals surface area (Å²) in [7, 11) is 1.32. The third-order valence-corrected chi connectivity index (χ3v) is 5.29. The molecule has 3 rings (SSSR count). The number of benzene rings is 2. The average Bonchev–Trinajstić information content (AvgIpc) is 2.97. The number of fused-ring (bicyclic) bond motifs is 1. The molecule has 0 unspecified atom stereocenters. The van der Waals surface area contributed by atoms with Crippen LogP contribution in [0.3, 0.4) is 0 Å². The summed E-state index contributed by atoms with van der Waals surface area (Å²) in [5, 5.41) is 2.55. The molecule has 136 valence electrons. The minimum absolute atomic E-state index is 0.116. The van der Waals surface area contributed by atoms with Gasteiger partial charge in [-0.1, -0.05) is 44.7 Å². The van der Waals surface area contributed by atoms with Crippen molar-refractivity contribution in [3.8, 4) is 0 Å². The van der Waals surface area contributed by atoms with Crippen LogP contribution in [0.4, 0.5) is 10.7 Å². The van der Waals surface area contributed by atoms with E-state index in [2.05, 4.69) is 65.9 Å². The Hall–Kier alpha value is -2.47. The lowest BCUT2D eigenvalue weighted by Crippen LogP contribution is -2.11. The second-order valence-corrected chi connectivity index (χ2v) is 8.33. The van der Waals surface area contributed by atoms with E-state index in [1.54, 1.807) is 11.8 Å². The zero-order valence-electron chi connectivity index (χ0n) is 15.6. The van der Waals surface area contributed by atoms with Gasteiger partial charge in [0.05, 0.1) is 18.1 Å². The molecule has 0 spiro atoms. The summed E-state index contributed by atoms with van der Waals surface area (Å²) in [6.07, 6.45) is -0.548. The Kier molecular flexibility index (Phi) is 4.96. The lowest BCUT2D eigenvalue weighted by Gasteiger charge is -2.20. The minimum atomic E-state index is -0.548. The molecule has 1 aromatic heterocycles. The Labute approximate surface area is 157 Å². The number of carbonyl (C=O) groups is 1. The van der Waals surface area contributed by atoms with Gasteiger partial charge in [0.15, 0.2) is 0 Å². The second kappa shape index (κ2) is 7.03. The number of nitrogens with one attached hydrogen (secondary N) is 2. The number of amides is 1. The number of carbonyl (C=O) groups excluding carboxylic acids is 1. The van der Waals surface area contributed by atoms with Crippen LogP contribution in [0, 0.1) is 6.92 Å². The maximum atomic E-state index is 11.3. The lowest BCUT2D eigenvalue weighted by molar-refractivity contribution is 0.186. The summed E-state index contributed by atoms with van der Waals surface area (Å²) in [5.41, 5.74) is 4.34. The molecule has 0 saturated carbocycles. The van der Waals surface area contributed by atoms with Gasteiger partial charge >= 0.3 is 6.09 Å². The van der Waals surface area contributed by atoms with Crippen LogP contribution >= 0.6 is 11.8 Å². The van der Waals surface area contributed by atoms with Crippen molar-refractivity contribution in [2.75, 3.05) is 12.4 Å². The normalized spacial score (nSPS) is 11.6. The van der Waals surface area contributed by atoms with E-state index in [-0.39, 0.29) is 5.41 Å². The first kappa shape index (κ1) is 18.3. The number of hydrogen-bond donors (Lipinski definition) is 2. The van der Waals surface area contributed by atoms with Gasteiger partial charge in [0.1, 0.15) is 0 Å². The first-order chi connectivity index (χ1) is 12.3. The Morgan fingerprint density at radius 3 is 2.65 bits per heavy atom. The number of anilines is 1. The van der Waals surface area contributed by atoms with Crippen LogP contribution < -0.4 is 5.32 Å². The zero-order valence-corrected chi connectivity index (χ0v) is 16.5. The minimum Gasteiger partial charge on any atom is -0.453 e. The number of H-pyrrole nitrogens is 1. The van der Waals surface area contributed by atoms with Crippen molar-refractivity contribution >= 4 is 34.8 Å². The maximum Gasteiger partial charge on any atom is 0.413 e. The van der Waals surface area contributed by atoms with E-state index in [4.69, 9.17) is 0 Å². The molecule has 0 saturated heterocycles. The molecule has 6 heteroatoms. The van der Waals surface area contributed by atoms with Crippen molar-refractivity contribution in [3.05, 3.63) is 47.5 Å². The number of ether oxygens (including phenoxy) is 1. The van der Waals surface area contributed by atoms with Gasteiger partial charge in [-0.2, -0.15) is 0 Å². The van der Waals surface area contributed by atoms with Crippen LogP contribution in [-0.2, 0) is 10.2 Å². The fourth-order valence-electron chi connectivity index (χ4n) is 2.56. The number of hydrogen-bond acceptors (Lipinski definition) is 4. The van der Waals surface area contributed by atoms with Crippen LogP contribution in [0.2, 0.25) is 0 Å². The van der Waals surface area contributed by atoms with Crippen molar-refractivity contribution in [3.63, 3.8) is 0 Å². The van der Waals surface area contributed by atoms with E-state index < -0.39 is 6.09 Å². The topological polar surface area (TPSA) is 67.0 Å². The summed E-state index contributed by atoms with van der Waals surface area (Å²) in [4.78, 5) is 21.1. The lowest BCUT2D eigenvalue weighted by atomic mass is 9.87. The molecule has 2 aromatic carbocycles. The summed E-state index contributed by atoms with van der Waals surface area (Å²) >= 11 is 1.73. The summed E-state index contributed by atoms with van der Waals surface area (Å²) < 4.78 is 4.59. The predicted molar refractivity (Wildman–Crippen MR) is 106 cm³/mol. The highest BCUT2D eigenvalue weighted by Crippen LogP contribution is 2.35. The van der Waals surface area contributed by atoms with Crippen LogP contribution in [0.25, 0.3) is 11.0 Å². The second-order valence-electron chi connectivity index (χ2n) is 7.21. The number of imidazole rings is 1. The predicted octanol–water partition coefficient (Wildman–Crippen LogP) is 5.50. The molecule has 0 aliphatic carbocycles. The SMILES string of the molecule is COC(=O)Nc1nc2ccc(Sc3cc(C(C)(C)C)ccc3C)cc2[nH]1. The third-order valence-electron chi connectivity index (χ3n) is 4.14. The van der Waals surface area contributed by atoms with Gasteiger partial charge < -0.3 is 9.72 Å². The van der Waals surface area contributed by atoms with E-state index >= 15 is 0 Å². The Balaban J connectivity index is 1.88. The van der Waals surface area contributed by atoms with E-state index in [0.717, 1.165) is 15.9 Å². The molecule has 0 aliphatic heterocycles. The first-order valence-electron chi connectivity index (χ1n) is 8.40. The average molecular weight is 369 g/mol. The molecule has 0 fully saturated rings. The van der Waals surface area contributed by atoms with Gasteiger partial charge in [0.2, 0.25) is 5.95 Å². The standard InChI is InChI=1S/C20H23N3O2S/c1-12-6-7-13(20(2,3)4)10-17(12)26-14-8-9-15-16(11-14)22-18(21-15)23-19(24)25-5/h6-11H,1-5H3,(H2,21,22,23,24). The molecule has 0 bridgehead atoms. The molecule has 0 atom stereocenters. The molecular weight excluding hydrogens is 346 g/mol. The number of nitrogens with zero attached hydrogens (tertiary/aromatic N) is 1. The smallest absolute Gasteiger partial charge is 0.413 e. The van der Waals surface area contributed by atoms with E-state index in [9.17, 15) is 4.79 Å². The van der Waals surface area contributed by atoms with Crippen molar-refractivity contribution < 1.29 is 9.53 Å². The van der Waals surface area contributed by atoms with Gasteiger partial charge in [-0.3, -0.25) is 5.32 Å². The molecule has 0 radical (unpaired) electrons. The Bertz CT molecular complexity index is 957.